The fourth-order valence-electron chi connectivity index (χ4n) is 2.84. The molecule has 20 heavy (non-hydrogen) atoms. The maximum absolute atomic E-state index is 8.87. The van der Waals surface area contributed by atoms with Crippen LogP contribution >= 0.6 is 0 Å². The van der Waals surface area contributed by atoms with Crippen molar-refractivity contribution < 1.29 is 0 Å². The Labute approximate surface area is 118 Å². The van der Waals surface area contributed by atoms with Crippen LogP contribution in [0.2, 0.25) is 0 Å². The van der Waals surface area contributed by atoms with Crippen molar-refractivity contribution in [2.75, 3.05) is 11.9 Å². The number of para-hydroxylation sites is 1. The molecule has 0 fully saturated rings. The first kappa shape index (κ1) is 12.6. The van der Waals surface area contributed by atoms with Crippen molar-refractivity contribution in [3.05, 3.63) is 76.2 Å². The van der Waals surface area contributed by atoms with Crippen molar-refractivity contribution in [3.63, 3.8) is 0 Å². The highest BCUT2D eigenvalue weighted by Crippen LogP contribution is 2.37. The van der Waals surface area contributed by atoms with Crippen LogP contribution in [0.15, 0.2) is 59.7 Å². The van der Waals surface area contributed by atoms with Gasteiger partial charge in [-0.2, -0.15) is 0 Å². The molecule has 4 heteroatoms. The zero-order chi connectivity index (χ0) is 13.8. The molecule has 0 aromatic heterocycles. The molecule has 1 aliphatic heterocycles. The van der Waals surface area contributed by atoms with E-state index in [0.717, 1.165) is 24.2 Å². The molecule has 0 aliphatic carbocycles. The summed E-state index contributed by atoms with van der Waals surface area (Å²) >= 11 is 0. The van der Waals surface area contributed by atoms with Crippen molar-refractivity contribution in [3.8, 4) is 0 Å². The zero-order valence-electron chi connectivity index (χ0n) is 11.1. The van der Waals surface area contributed by atoms with E-state index < -0.39 is 0 Å². The van der Waals surface area contributed by atoms with Gasteiger partial charge in [0.25, 0.3) is 0 Å². The number of benzene rings is 2. The van der Waals surface area contributed by atoms with Crippen LogP contribution in [0, 0.1) is 5.92 Å². The van der Waals surface area contributed by atoms with E-state index in [1.807, 2.05) is 42.5 Å². The average molecular weight is 264 g/mol. The lowest BCUT2D eigenvalue weighted by Crippen LogP contribution is -2.28. The summed E-state index contributed by atoms with van der Waals surface area (Å²) in [6.07, 6.45) is 0.909. The van der Waals surface area contributed by atoms with Gasteiger partial charge in [-0.15, -0.1) is 0 Å². The van der Waals surface area contributed by atoms with Crippen molar-refractivity contribution in [2.45, 2.75) is 12.5 Å². The molecule has 1 N–H and O–H groups in total. The second kappa shape index (κ2) is 5.68. The van der Waals surface area contributed by atoms with Gasteiger partial charge in [-0.05, 0) is 35.1 Å². The highest BCUT2D eigenvalue weighted by Gasteiger charge is 2.28. The zero-order valence-corrected chi connectivity index (χ0v) is 11.1. The normalized spacial score (nSPS) is 20.4. The summed E-state index contributed by atoms with van der Waals surface area (Å²) in [5.74, 6) is 0.281. The molecule has 4 nitrogen and oxygen atoms in total. The van der Waals surface area contributed by atoms with Gasteiger partial charge in [0.2, 0.25) is 0 Å². The van der Waals surface area contributed by atoms with E-state index in [1.165, 1.54) is 5.56 Å². The van der Waals surface area contributed by atoms with Crippen LogP contribution < -0.4 is 5.32 Å². The molecule has 2 aromatic carbocycles. The Morgan fingerprint density at radius 2 is 1.85 bits per heavy atom. The van der Waals surface area contributed by atoms with E-state index in [9.17, 15) is 0 Å². The molecule has 2 aromatic rings. The predicted molar refractivity (Wildman–Crippen MR) is 80.5 cm³/mol. The standard InChI is InChI=1S/C16H16N4/c17-20-19-16-13(10-12-6-2-1-3-7-12)11-18-15-9-5-4-8-14(15)16/h1-9,13,16,18H,10-11H2. The monoisotopic (exact) mass is 264 g/mol. The minimum Gasteiger partial charge on any atom is -0.385 e. The fraction of sp³-hybridized carbons (Fsp3) is 0.250. The second-order valence-corrected chi connectivity index (χ2v) is 5.07. The van der Waals surface area contributed by atoms with Crippen LogP contribution in [0.4, 0.5) is 5.69 Å². The van der Waals surface area contributed by atoms with Gasteiger partial charge < -0.3 is 5.32 Å². The lowest BCUT2D eigenvalue weighted by atomic mass is 9.84. The van der Waals surface area contributed by atoms with Gasteiger partial charge in [-0.25, -0.2) is 0 Å². The predicted octanol–water partition coefficient (Wildman–Crippen LogP) is 4.32. The SMILES string of the molecule is [N-]=[N+]=NC1c2ccccc2NCC1Cc1ccccc1. The summed E-state index contributed by atoms with van der Waals surface area (Å²) in [5, 5.41) is 7.48. The molecule has 3 rings (SSSR count). The molecule has 0 saturated carbocycles. The largest absolute Gasteiger partial charge is 0.385 e. The van der Waals surface area contributed by atoms with E-state index in [1.54, 1.807) is 0 Å². The smallest absolute Gasteiger partial charge is 0.0693 e. The summed E-state index contributed by atoms with van der Waals surface area (Å²) in [6.45, 7) is 0.829. The molecule has 1 heterocycles. The van der Waals surface area contributed by atoms with Gasteiger partial charge in [-0.3, -0.25) is 0 Å². The van der Waals surface area contributed by atoms with Crippen LogP contribution in [-0.4, -0.2) is 6.54 Å². The first-order valence-corrected chi connectivity index (χ1v) is 6.79. The van der Waals surface area contributed by atoms with Crippen LogP contribution in [0.5, 0.6) is 0 Å². The third-order valence-corrected chi connectivity index (χ3v) is 3.80. The summed E-state index contributed by atoms with van der Waals surface area (Å²) in [4.78, 5) is 3.05. The number of fused-ring (bicyclic) bond motifs is 1. The van der Waals surface area contributed by atoms with Crippen LogP contribution in [0.25, 0.3) is 10.4 Å². The lowest BCUT2D eigenvalue weighted by Gasteiger charge is -2.31. The number of hydrogen-bond acceptors (Lipinski definition) is 2. The summed E-state index contributed by atoms with van der Waals surface area (Å²) in [5.41, 5.74) is 12.3. The Hall–Kier alpha value is -2.45. The molecule has 0 spiro atoms. The van der Waals surface area contributed by atoms with Crippen LogP contribution in [-0.2, 0) is 6.42 Å². The maximum atomic E-state index is 8.87. The van der Waals surface area contributed by atoms with E-state index in [-0.39, 0.29) is 12.0 Å². The second-order valence-electron chi connectivity index (χ2n) is 5.07. The number of azide groups is 1. The van der Waals surface area contributed by atoms with E-state index in [0.29, 0.717) is 0 Å². The topological polar surface area (TPSA) is 60.8 Å². The average Bonchev–Trinajstić information content (AvgIpc) is 2.51. The molecule has 0 radical (unpaired) electrons. The van der Waals surface area contributed by atoms with Crippen molar-refractivity contribution >= 4 is 5.69 Å². The number of nitrogens with one attached hydrogen (secondary N) is 1. The Morgan fingerprint density at radius 1 is 1.10 bits per heavy atom. The third-order valence-electron chi connectivity index (χ3n) is 3.80. The molecule has 1 aliphatic rings. The van der Waals surface area contributed by atoms with Crippen LogP contribution in [0.1, 0.15) is 17.2 Å². The molecule has 2 atom stereocenters. The summed E-state index contributed by atoms with van der Waals surface area (Å²) in [6, 6.07) is 18.3. The van der Waals surface area contributed by atoms with Crippen molar-refractivity contribution in [1.29, 1.82) is 0 Å². The molecule has 0 bridgehead atoms. The first-order valence-electron chi connectivity index (χ1n) is 6.79. The number of anilines is 1. The highest BCUT2D eigenvalue weighted by molar-refractivity contribution is 5.55. The molecule has 2 unspecified atom stereocenters. The first-order chi connectivity index (χ1) is 9.88. The van der Waals surface area contributed by atoms with Gasteiger partial charge >= 0.3 is 0 Å². The molecule has 0 saturated heterocycles. The van der Waals surface area contributed by atoms with Gasteiger partial charge in [0.15, 0.2) is 0 Å². The summed E-state index contributed by atoms with van der Waals surface area (Å²) < 4.78 is 0. The van der Waals surface area contributed by atoms with Crippen molar-refractivity contribution in [2.24, 2.45) is 11.0 Å². The molecule has 0 amide bonds. The van der Waals surface area contributed by atoms with E-state index in [2.05, 4.69) is 27.5 Å². The summed E-state index contributed by atoms with van der Waals surface area (Å²) in [7, 11) is 0. The number of hydrogen-bond donors (Lipinski definition) is 1. The molecule has 100 valence electrons. The Morgan fingerprint density at radius 3 is 2.65 bits per heavy atom. The molecular formula is C16H16N4. The number of rotatable bonds is 3. The van der Waals surface area contributed by atoms with Crippen molar-refractivity contribution in [1.82, 2.24) is 0 Å². The van der Waals surface area contributed by atoms with Gasteiger partial charge in [0.05, 0.1) is 6.04 Å². The van der Waals surface area contributed by atoms with Gasteiger partial charge in [-0.1, -0.05) is 53.6 Å². The number of nitrogens with zero attached hydrogens (tertiary/aromatic N) is 3. The minimum absolute atomic E-state index is 0.0994. The van der Waals surface area contributed by atoms with Crippen LogP contribution in [0.3, 0.4) is 0 Å². The Balaban J connectivity index is 1.90. The molecular weight excluding hydrogens is 248 g/mol. The van der Waals surface area contributed by atoms with Gasteiger partial charge in [0.1, 0.15) is 0 Å². The van der Waals surface area contributed by atoms with Gasteiger partial charge in [0, 0.05) is 17.1 Å². The highest BCUT2D eigenvalue weighted by atomic mass is 15.2. The lowest BCUT2D eigenvalue weighted by molar-refractivity contribution is 0.436. The third kappa shape index (κ3) is 2.46. The Kier molecular flexibility index (Phi) is 3.57. The van der Waals surface area contributed by atoms with E-state index >= 15 is 0 Å². The van der Waals surface area contributed by atoms with E-state index in [4.69, 9.17) is 5.53 Å². The maximum Gasteiger partial charge on any atom is 0.0693 e. The Bertz CT molecular complexity index is 632. The fourth-order valence-corrected chi connectivity index (χ4v) is 2.84. The minimum atomic E-state index is -0.0994. The quantitative estimate of drug-likeness (QED) is 0.501.